The molecule has 0 saturated heterocycles. The van der Waals surface area contributed by atoms with Crippen LogP contribution in [0, 0.1) is 0 Å². The van der Waals surface area contributed by atoms with Crippen molar-refractivity contribution in [3.05, 3.63) is 59.7 Å². The van der Waals surface area contributed by atoms with Gasteiger partial charge in [0.1, 0.15) is 5.75 Å². The third-order valence-electron chi connectivity index (χ3n) is 5.75. The molecular formula is C25H32N2O3. The first kappa shape index (κ1) is 21.9. The number of carbonyl (C=O) groups excluding carboxylic acids is 2. The summed E-state index contributed by atoms with van der Waals surface area (Å²) in [6.45, 7) is 2.55. The van der Waals surface area contributed by atoms with Crippen molar-refractivity contribution in [1.82, 2.24) is 4.90 Å². The molecule has 3 rings (SSSR count). The lowest BCUT2D eigenvalue weighted by Gasteiger charge is -2.31. The van der Waals surface area contributed by atoms with E-state index in [0.717, 1.165) is 24.2 Å². The Balaban J connectivity index is 1.52. The first-order valence-corrected chi connectivity index (χ1v) is 11.0. The summed E-state index contributed by atoms with van der Waals surface area (Å²) < 4.78 is 5.62. The summed E-state index contributed by atoms with van der Waals surface area (Å²) in [5.74, 6) is 0.824. The maximum atomic E-state index is 12.7. The van der Waals surface area contributed by atoms with Crippen molar-refractivity contribution in [2.75, 3.05) is 19.0 Å². The first-order chi connectivity index (χ1) is 14.6. The number of nitrogens with zero attached hydrogens (tertiary/aromatic N) is 1. The van der Waals surface area contributed by atoms with Crippen molar-refractivity contribution in [3.8, 4) is 5.75 Å². The van der Waals surface area contributed by atoms with Crippen LogP contribution >= 0.6 is 0 Å². The van der Waals surface area contributed by atoms with Crippen molar-refractivity contribution >= 4 is 17.5 Å². The maximum absolute atomic E-state index is 12.7. The normalized spacial score (nSPS) is 14.2. The fourth-order valence-electron chi connectivity index (χ4n) is 4.01. The number of rotatable bonds is 8. The van der Waals surface area contributed by atoms with Gasteiger partial charge in [0.05, 0.1) is 6.61 Å². The van der Waals surface area contributed by atoms with Crippen LogP contribution in [0.25, 0.3) is 0 Å². The summed E-state index contributed by atoms with van der Waals surface area (Å²) in [6, 6.07) is 15.3. The van der Waals surface area contributed by atoms with E-state index in [0.29, 0.717) is 36.7 Å². The Morgan fingerprint density at radius 3 is 2.43 bits per heavy atom. The number of benzene rings is 2. The summed E-state index contributed by atoms with van der Waals surface area (Å²) in [5, 5.41) is 2.92. The number of ether oxygens (including phenoxy) is 1. The van der Waals surface area contributed by atoms with E-state index >= 15 is 0 Å². The number of para-hydroxylation sites is 1. The number of anilines is 1. The predicted molar refractivity (Wildman–Crippen MR) is 120 cm³/mol. The zero-order valence-corrected chi connectivity index (χ0v) is 18.0. The molecule has 2 aromatic rings. The van der Waals surface area contributed by atoms with Gasteiger partial charge < -0.3 is 15.0 Å². The average molecular weight is 409 g/mol. The van der Waals surface area contributed by atoms with Crippen LogP contribution in [0.5, 0.6) is 5.75 Å². The first-order valence-electron chi connectivity index (χ1n) is 11.0. The molecule has 1 fully saturated rings. The molecule has 0 unspecified atom stereocenters. The molecule has 0 heterocycles. The number of carbonyl (C=O) groups is 2. The van der Waals surface area contributed by atoms with Gasteiger partial charge in [-0.15, -0.1) is 0 Å². The van der Waals surface area contributed by atoms with E-state index in [1.54, 1.807) is 24.3 Å². The molecular weight excluding hydrogens is 376 g/mol. The largest absolute Gasteiger partial charge is 0.494 e. The van der Waals surface area contributed by atoms with Crippen LogP contribution in [0.1, 0.15) is 61.4 Å². The van der Waals surface area contributed by atoms with Gasteiger partial charge in [0.2, 0.25) is 5.91 Å². The topological polar surface area (TPSA) is 58.6 Å². The Labute approximate surface area is 179 Å². The van der Waals surface area contributed by atoms with Crippen molar-refractivity contribution in [2.45, 2.75) is 57.9 Å². The second kappa shape index (κ2) is 10.8. The van der Waals surface area contributed by atoms with Gasteiger partial charge in [0.15, 0.2) is 0 Å². The number of hydrogen-bond acceptors (Lipinski definition) is 3. The highest BCUT2D eigenvalue weighted by Gasteiger charge is 2.22. The van der Waals surface area contributed by atoms with Crippen LogP contribution in [-0.4, -0.2) is 36.4 Å². The van der Waals surface area contributed by atoms with E-state index in [2.05, 4.69) is 5.32 Å². The van der Waals surface area contributed by atoms with Crippen molar-refractivity contribution < 1.29 is 14.3 Å². The summed E-state index contributed by atoms with van der Waals surface area (Å²) >= 11 is 0. The number of amides is 2. The molecule has 30 heavy (non-hydrogen) atoms. The molecule has 5 heteroatoms. The van der Waals surface area contributed by atoms with E-state index in [9.17, 15) is 9.59 Å². The minimum absolute atomic E-state index is 0.0484. The minimum atomic E-state index is -0.0558. The van der Waals surface area contributed by atoms with E-state index in [1.807, 2.05) is 43.1 Å². The predicted octanol–water partition coefficient (Wildman–Crippen LogP) is 5.06. The highest BCUT2D eigenvalue weighted by molar-refractivity contribution is 5.96. The fourth-order valence-corrected chi connectivity index (χ4v) is 4.01. The van der Waals surface area contributed by atoms with Gasteiger partial charge in [-0.2, -0.15) is 0 Å². The van der Waals surface area contributed by atoms with Crippen LogP contribution in [0.4, 0.5) is 5.69 Å². The van der Waals surface area contributed by atoms with Gasteiger partial charge in [0, 0.05) is 30.8 Å². The Kier molecular flexibility index (Phi) is 7.89. The molecule has 1 N–H and O–H groups in total. The molecule has 5 nitrogen and oxygen atoms in total. The number of aryl methyl sites for hydroxylation is 1. The maximum Gasteiger partial charge on any atom is 0.253 e. The molecule has 1 aliphatic carbocycles. The molecule has 0 aromatic heterocycles. The zero-order valence-electron chi connectivity index (χ0n) is 18.0. The van der Waals surface area contributed by atoms with Gasteiger partial charge in [-0.25, -0.2) is 0 Å². The smallest absolute Gasteiger partial charge is 0.253 e. The van der Waals surface area contributed by atoms with Gasteiger partial charge in [-0.05, 0) is 62.1 Å². The van der Waals surface area contributed by atoms with Gasteiger partial charge in [0.25, 0.3) is 5.91 Å². The van der Waals surface area contributed by atoms with Gasteiger partial charge in [-0.3, -0.25) is 9.59 Å². The molecule has 0 atom stereocenters. The Hall–Kier alpha value is -2.82. The van der Waals surface area contributed by atoms with E-state index in [-0.39, 0.29) is 11.8 Å². The third-order valence-corrected chi connectivity index (χ3v) is 5.75. The quantitative estimate of drug-likeness (QED) is 0.664. The second-order valence-electron chi connectivity index (χ2n) is 7.87. The second-order valence-corrected chi connectivity index (χ2v) is 7.87. The monoisotopic (exact) mass is 408 g/mol. The van der Waals surface area contributed by atoms with Crippen molar-refractivity contribution in [3.63, 3.8) is 0 Å². The average Bonchev–Trinajstić information content (AvgIpc) is 2.79. The number of hydrogen-bond donors (Lipinski definition) is 1. The van der Waals surface area contributed by atoms with Gasteiger partial charge in [-0.1, -0.05) is 37.5 Å². The highest BCUT2D eigenvalue weighted by atomic mass is 16.5. The van der Waals surface area contributed by atoms with Crippen molar-refractivity contribution in [2.24, 2.45) is 0 Å². The van der Waals surface area contributed by atoms with E-state index < -0.39 is 0 Å². The standard InChI is InChI=1S/C25H32N2O3/c1-3-30-23-12-8-7-9-19(23)15-18-24(28)26-21-16-13-20(14-17-21)25(29)27(2)22-10-5-4-6-11-22/h7-9,12-14,16-17,22H,3-6,10-11,15,18H2,1-2H3,(H,26,28). The summed E-state index contributed by atoms with van der Waals surface area (Å²) in [6.07, 6.45) is 6.82. The highest BCUT2D eigenvalue weighted by Crippen LogP contribution is 2.23. The molecule has 0 spiro atoms. The zero-order chi connectivity index (χ0) is 21.3. The van der Waals surface area contributed by atoms with Crippen molar-refractivity contribution in [1.29, 1.82) is 0 Å². The Morgan fingerprint density at radius 1 is 1.03 bits per heavy atom. The Bertz CT molecular complexity index is 842. The molecule has 160 valence electrons. The van der Waals surface area contributed by atoms with Crippen LogP contribution in [-0.2, 0) is 11.2 Å². The number of nitrogens with one attached hydrogen (secondary N) is 1. The summed E-state index contributed by atoms with van der Waals surface area (Å²) in [7, 11) is 1.90. The van der Waals surface area contributed by atoms with Crippen LogP contribution in [0.15, 0.2) is 48.5 Å². The summed E-state index contributed by atoms with van der Waals surface area (Å²) in [5.41, 5.74) is 2.39. The van der Waals surface area contributed by atoms with E-state index in [4.69, 9.17) is 4.74 Å². The van der Waals surface area contributed by atoms with E-state index in [1.165, 1.54) is 19.3 Å². The molecule has 2 amide bonds. The summed E-state index contributed by atoms with van der Waals surface area (Å²) in [4.78, 5) is 27.0. The molecule has 1 aliphatic rings. The molecule has 2 aromatic carbocycles. The third kappa shape index (κ3) is 5.85. The molecule has 0 aliphatic heterocycles. The van der Waals surface area contributed by atoms with Crippen LogP contribution in [0.2, 0.25) is 0 Å². The lowest BCUT2D eigenvalue weighted by atomic mass is 9.94. The lowest BCUT2D eigenvalue weighted by molar-refractivity contribution is -0.116. The minimum Gasteiger partial charge on any atom is -0.494 e. The molecule has 0 radical (unpaired) electrons. The van der Waals surface area contributed by atoms with Gasteiger partial charge >= 0.3 is 0 Å². The van der Waals surface area contributed by atoms with Crippen LogP contribution in [0.3, 0.4) is 0 Å². The lowest BCUT2D eigenvalue weighted by Crippen LogP contribution is -2.38. The Morgan fingerprint density at radius 2 is 1.73 bits per heavy atom. The SMILES string of the molecule is CCOc1ccccc1CCC(=O)Nc1ccc(C(=O)N(C)C2CCCCC2)cc1. The van der Waals surface area contributed by atoms with Crippen LogP contribution < -0.4 is 10.1 Å². The molecule has 0 bridgehead atoms. The molecule has 1 saturated carbocycles. The fraction of sp³-hybridized carbons (Fsp3) is 0.440.